The smallest absolute Gasteiger partial charge is 0.407 e. The van der Waals surface area contributed by atoms with Crippen molar-refractivity contribution in [3.05, 3.63) is 0 Å². The molecule has 7 nitrogen and oxygen atoms in total. The minimum absolute atomic E-state index is 0. The Morgan fingerprint density at radius 1 is 1.00 bits per heavy atom. The van der Waals surface area contributed by atoms with Crippen LogP contribution in [0.15, 0.2) is 4.99 Å². The van der Waals surface area contributed by atoms with E-state index in [1.807, 2.05) is 20.8 Å². The molecule has 1 aliphatic rings. The summed E-state index contributed by atoms with van der Waals surface area (Å²) in [7, 11) is 1.78. The summed E-state index contributed by atoms with van der Waals surface area (Å²) in [6, 6.07) is 0. The second-order valence-corrected chi connectivity index (χ2v) is 8.49. The minimum atomic E-state index is -0.463. The van der Waals surface area contributed by atoms with Crippen molar-refractivity contribution in [1.29, 1.82) is 0 Å². The number of hydrogen-bond acceptors (Lipinski definition) is 4. The van der Waals surface area contributed by atoms with Crippen molar-refractivity contribution in [3.8, 4) is 0 Å². The Balaban J connectivity index is 0.00000676. The van der Waals surface area contributed by atoms with Gasteiger partial charge < -0.3 is 20.7 Å². The zero-order valence-corrected chi connectivity index (χ0v) is 20.3. The van der Waals surface area contributed by atoms with E-state index in [4.69, 9.17) is 4.74 Å². The molecule has 1 fully saturated rings. The number of likely N-dealkylation sites (tertiary alicyclic amines) is 1. The molecule has 0 saturated carbocycles. The lowest BCUT2D eigenvalue weighted by Crippen LogP contribution is -2.55. The molecule has 8 heteroatoms. The predicted octanol–water partition coefficient (Wildman–Crippen LogP) is 2.95. The third-order valence-corrected chi connectivity index (χ3v) is 4.44. The molecule has 0 bridgehead atoms. The average Bonchev–Trinajstić information content (AvgIpc) is 2.56. The van der Waals surface area contributed by atoms with E-state index in [9.17, 15) is 4.79 Å². The van der Waals surface area contributed by atoms with Crippen molar-refractivity contribution >= 4 is 36.0 Å². The normalized spacial score (nSPS) is 16.3. The first-order chi connectivity index (χ1) is 12.1. The van der Waals surface area contributed by atoms with Gasteiger partial charge in [0, 0.05) is 32.2 Å². The molecule has 0 aromatic rings. The number of amides is 1. The molecule has 1 amide bonds. The Labute approximate surface area is 182 Å². The molecule has 1 saturated heterocycles. The van der Waals surface area contributed by atoms with Crippen LogP contribution >= 0.6 is 24.0 Å². The lowest BCUT2D eigenvalue weighted by Gasteiger charge is -2.41. The van der Waals surface area contributed by atoms with Gasteiger partial charge in [-0.3, -0.25) is 9.89 Å². The quantitative estimate of drug-likeness (QED) is 0.218. The summed E-state index contributed by atoms with van der Waals surface area (Å²) in [5.41, 5.74) is -0.355. The largest absolute Gasteiger partial charge is 0.444 e. The third-order valence-electron chi connectivity index (χ3n) is 4.44. The van der Waals surface area contributed by atoms with Gasteiger partial charge in [0.25, 0.3) is 0 Å². The van der Waals surface area contributed by atoms with Gasteiger partial charge in [-0.2, -0.15) is 0 Å². The van der Waals surface area contributed by atoms with Crippen LogP contribution in [0.25, 0.3) is 0 Å². The number of guanidine groups is 1. The highest BCUT2D eigenvalue weighted by Gasteiger charge is 2.27. The molecule has 1 heterocycles. The van der Waals surface area contributed by atoms with Crippen LogP contribution in [0, 0.1) is 0 Å². The van der Waals surface area contributed by atoms with Gasteiger partial charge in [-0.05, 0) is 67.0 Å². The van der Waals surface area contributed by atoms with E-state index in [1.54, 1.807) is 7.05 Å². The summed E-state index contributed by atoms with van der Waals surface area (Å²) in [5, 5.41) is 9.48. The standard InChI is InChI=1S/C19H39N5O2.HI/c1-18(2,3)26-17(25)22-12-10-11-21-16(20-6)23-15-19(4,5)24-13-8-7-9-14-24;/h7-15H2,1-6H3,(H,22,25)(H2,20,21,23);1H. The Kier molecular flexibility index (Phi) is 12.3. The summed E-state index contributed by atoms with van der Waals surface area (Å²) in [4.78, 5) is 18.4. The molecule has 0 atom stereocenters. The van der Waals surface area contributed by atoms with Crippen LogP contribution in [0.4, 0.5) is 4.79 Å². The van der Waals surface area contributed by atoms with Crippen LogP contribution in [0.1, 0.15) is 60.3 Å². The Morgan fingerprint density at radius 2 is 1.59 bits per heavy atom. The van der Waals surface area contributed by atoms with Gasteiger partial charge in [0.2, 0.25) is 0 Å². The Hall–Kier alpha value is -0.770. The second kappa shape index (κ2) is 12.6. The Bertz CT molecular complexity index is 458. The number of ether oxygens (including phenoxy) is 1. The van der Waals surface area contributed by atoms with Gasteiger partial charge in [-0.1, -0.05) is 6.42 Å². The van der Waals surface area contributed by atoms with E-state index >= 15 is 0 Å². The SMILES string of the molecule is CN=C(NCCCNC(=O)OC(C)(C)C)NCC(C)(C)N1CCCCC1.I. The maximum absolute atomic E-state index is 11.6. The number of halogens is 1. The zero-order chi connectivity index (χ0) is 19.6. The van der Waals surface area contributed by atoms with Crippen molar-refractivity contribution in [1.82, 2.24) is 20.9 Å². The van der Waals surface area contributed by atoms with Gasteiger partial charge in [0.05, 0.1) is 0 Å². The lowest BCUT2D eigenvalue weighted by molar-refractivity contribution is 0.0527. The fourth-order valence-electron chi connectivity index (χ4n) is 2.93. The number of nitrogens with one attached hydrogen (secondary N) is 3. The fourth-order valence-corrected chi connectivity index (χ4v) is 2.93. The maximum Gasteiger partial charge on any atom is 0.407 e. The predicted molar refractivity (Wildman–Crippen MR) is 123 cm³/mol. The summed E-state index contributed by atoms with van der Waals surface area (Å²) in [6.07, 6.45) is 4.36. The number of alkyl carbamates (subject to hydrolysis) is 1. The van der Waals surface area contributed by atoms with Crippen LogP contribution in [-0.4, -0.2) is 67.9 Å². The van der Waals surface area contributed by atoms with E-state index in [0.717, 1.165) is 25.5 Å². The van der Waals surface area contributed by atoms with E-state index in [1.165, 1.54) is 32.4 Å². The number of rotatable bonds is 7. The molecule has 0 aliphatic carbocycles. The number of hydrogen-bond donors (Lipinski definition) is 3. The summed E-state index contributed by atoms with van der Waals surface area (Å²) >= 11 is 0. The van der Waals surface area contributed by atoms with Gasteiger partial charge in [0.15, 0.2) is 5.96 Å². The van der Waals surface area contributed by atoms with E-state index < -0.39 is 5.60 Å². The van der Waals surface area contributed by atoms with Crippen molar-refractivity contribution < 1.29 is 9.53 Å². The fraction of sp³-hybridized carbons (Fsp3) is 0.895. The molecule has 0 spiro atoms. The summed E-state index contributed by atoms with van der Waals surface area (Å²) in [5.74, 6) is 0.798. The van der Waals surface area contributed by atoms with Gasteiger partial charge >= 0.3 is 6.09 Å². The van der Waals surface area contributed by atoms with Crippen LogP contribution in [0.3, 0.4) is 0 Å². The first-order valence-electron chi connectivity index (χ1n) is 9.80. The molecular weight excluding hydrogens is 457 g/mol. The lowest BCUT2D eigenvalue weighted by atomic mass is 9.98. The number of piperidine rings is 1. The van der Waals surface area contributed by atoms with Crippen LogP contribution in [0.2, 0.25) is 0 Å². The number of carbonyl (C=O) groups excluding carboxylic acids is 1. The molecule has 0 aromatic heterocycles. The Morgan fingerprint density at radius 3 is 2.15 bits per heavy atom. The number of nitrogens with zero attached hydrogens (tertiary/aromatic N) is 2. The molecule has 160 valence electrons. The van der Waals surface area contributed by atoms with Crippen LogP contribution in [0.5, 0.6) is 0 Å². The third kappa shape index (κ3) is 11.6. The van der Waals surface area contributed by atoms with Gasteiger partial charge in [-0.25, -0.2) is 4.79 Å². The van der Waals surface area contributed by atoms with Crippen LogP contribution in [-0.2, 0) is 4.74 Å². The maximum atomic E-state index is 11.6. The summed E-state index contributed by atoms with van der Waals surface area (Å²) < 4.78 is 5.21. The first-order valence-corrected chi connectivity index (χ1v) is 9.80. The summed E-state index contributed by atoms with van der Waals surface area (Å²) in [6.45, 7) is 14.6. The van der Waals surface area contributed by atoms with E-state index in [2.05, 4.69) is 39.7 Å². The van der Waals surface area contributed by atoms with Gasteiger partial charge in [0.1, 0.15) is 5.60 Å². The monoisotopic (exact) mass is 497 g/mol. The molecule has 0 aromatic carbocycles. The van der Waals surface area contributed by atoms with Crippen molar-refractivity contribution in [2.45, 2.75) is 71.4 Å². The zero-order valence-electron chi connectivity index (χ0n) is 18.0. The second-order valence-electron chi connectivity index (χ2n) is 8.49. The van der Waals surface area contributed by atoms with Gasteiger partial charge in [-0.15, -0.1) is 24.0 Å². The molecule has 27 heavy (non-hydrogen) atoms. The molecular formula is C19H40IN5O2. The van der Waals surface area contributed by atoms with Crippen molar-refractivity contribution in [3.63, 3.8) is 0 Å². The highest BCUT2D eigenvalue weighted by atomic mass is 127. The van der Waals surface area contributed by atoms with Crippen LogP contribution < -0.4 is 16.0 Å². The van der Waals surface area contributed by atoms with Crippen molar-refractivity contribution in [2.75, 3.05) is 39.8 Å². The molecule has 1 aliphatic heterocycles. The molecule has 3 N–H and O–H groups in total. The van der Waals surface area contributed by atoms with E-state index in [-0.39, 0.29) is 35.6 Å². The topological polar surface area (TPSA) is 78.0 Å². The molecule has 0 radical (unpaired) electrons. The van der Waals surface area contributed by atoms with E-state index in [0.29, 0.717) is 6.54 Å². The highest BCUT2D eigenvalue weighted by molar-refractivity contribution is 14.0. The number of aliphatic imine (C=N–C) groups is 1. The minimum Gasteiger partial charge on any atom is -0.444 e. The average molecular weight is 497 g/mol. The first kappa shape index (κ1) is 26.2. The number of carbonyl (C=O) groups is 1. The molecule has 0 unspecified atom stereocenters. The highest BCUT2D eigenvalue weighted by Crippen LogP contribution is 2.19. The molecule has 1 rings (SSSR count). The van der Waals surface area contributed by atoms with Crippen molar-refractivity contribution in [2.24, 2.45) is 4.99 Å².